The Morgan fingerprint density at radius 3 is 3.05 bits per heavy atom. The first-order valence-corrected chi connectivity index (χ1v) is 6.35. The molecule has 0 radical (unpaired) electrons. The average Bonchev–Trinajstić information content (AvgIpc) is 2.96. The van der Waals surface area contributed by atoms with Crippen LogP contribution in [0, 0.1) is 0 Å². The van der Waals surface area contributed by atoms with Crippen molar-refractivity contribution in [1.29, 1.82) is 0 Å². The Kier molecular flexibility index (Phi) is 2.84. The Hall–Kier alpha value is -2.12. The molecular formula is C11H16N6O2. The van der Waals surface area contributed by atoms with E-state index in [-0.39, 0.29) is 30.3 Å². The molecule has 2 saturated heterocycles. The maximum absolute atomic E-state index is 12.1. The highest BCUT2D eigenvalue weighted by Crippen LogP contribution is 2.22. The normalized spacial score (nSPS) is 22.7. The Morgan fingerprint density at radius 2 is 2.32 bits per heavy atom. The highest BCUT2D eigenvalue weighted by molar-refractivity contribution is 5.80. The van der Waals surface area contributed by atoms with Gasteiger partial charge in [0.2, 0.25) is 17.8 Å². The van der Waals surface area contributed by atoms with Crippen LogP contribution >= 0.6 is 0 Å². The van der Waals surface area contributed by atoms with Gasteiger partial charge in [-0.05, 0) is 6.42 Å². The van der Waals surface area contributed by atoms with Crippen LogP contribution in [0.2, 0.25) is 0 Å². The van der Waals surface area contributed by atoms with Gasteiger partial charge in [0.1, 0.15) is 12.9 Å². The van der Waals surface area contributed by atoms with E-state index in [0.717, 1.165) is 6.42 Å². The first-order chi connectivity index (χ1) is 9.13. The number of hydrogen-bond acceptors (Lipinski definition) is 5. The average molecular weight is 264 g/mol. The summed E-state index contributed by atoms with van der Waals surface area (Å²) in [5.74, 6) is 0.365. The summed E-state index contributed by atoms with van der Waals surface area (Å²) in [4.78, 5) is 31.2. The van der Waals surface area contributed by atoms with Gasteiger partial charge >= 0.3 is 0 Å². The topological polar surface area (TPSA) is 97.3 Å². The van der Waals surface area contributed by atoms with Crippen LogP contribution in [0.1, 0.15) is 12.8 Å². The molecule has 2 amide bonds. The van der Waals surface area contributed by atoms with E-state index in [1.54, 1.807) is 4.90 Å². The first-order valence-electron chi connectivity index (χ1n) is 6.35. The predicted octanol–water partition coefficient (Wildman–Crippen LogP) is -1.31. The van der Waals surface area contributed by atoms with Crippen molar-refractivity contribution in [2.75, 3.05) is 25.4 Å². The third kappa shape index (κ3) is 2.25. The second kappa shape index (κ2) is 4.52. The highest BCUT2D eigenvalue weighted by Gasteiger charge is 2.36. The van der Waals surface area contributed by atoms with Crippen molar-refractivity contribution in [1.82, 2.24) is 24.6 Å². The number of anilines is 1. The third-order valence-electron chi connectivity index (χ3n) is 3.70. The van der Waals surface area contributed by atoms with Crippen LogP contribution in [0.3, 0.4) is 0 Å². The molecule has 0 spiro atoms. The molecule has 3 heterocycles. The number of nitrogens with zero attached hydrogens (tertiary/aromatic N) is 5. The van der Waals surface area contributed by atoms with Gasteiger partial charge in [0.25, 0.3) is 0 Å². The second-order valence-electron chi connectivity index (χ2n) is 4.92. The fourth-order valence-electron chi connectivity index (χ4n) is 2.71. The number of carbonyl (C=O) groups is 2. The standard InChI is InChI=1S/C11H16N6O2/c12-11-13-7-16(14-11)6-10(19)15-3-4-17-8(5-15)1-2-9(17)18/h7-8H,1-6H2,(H2,12,14). The molecule has 2 fully saturated rings. The van der Waals surface area contributed by atoms with Crippen molar-refractivity contribution in [3.63, 3.8) is 0 Å². The van der Waals surface area contributed by atoms with Crippen LogP contribution in [0.25, 0.3) is 0 Å². The van der Waals surface area contributed by atoms with Crippen LogP contribution < -0.4 is 5.73 Å². The quantitative estimate of drug-likeness (QED) is 0.715. The largest absolute Gasteiger partial charge is 0.367 e. The number of rotatable bonds is 2. The summed E-state index contributed by atoms with van der Waals surface area (Å²) in [6.45, 7) is 1.99. The Balaban J connectivity index is 1.61. The summed E-state index contributed by atoms with van der Waals surface area (Å²) in [7, 11) is 0. The predicted molar refractivity (Wildman–Crippen MR) is 65.7 cm³/mol. The van der Waals surface area contributed by atoms with Gasteiger partial charge in [-0.25, -0.2) is 9.67 Å². The van der Waals surface area contributed by atoms with Gasteiger partial charge in [0.15, 0.2) is 0 Å². The number of carbonyl (C=O) groups excluding carboxylic acids is 2. The van der Waals surface area contributed by atoms with Crippen LogP contribution in [-0.4, -0.2) is 62.1 Å². The number of fused-ring (bicyclic) bond motifs is 1. The van der Waals surface area contributed by atoms with Crippen molar-refractivity contribution in [3.8, 4) is 0 Å². The Bertz CT molecular complexity index is 513. The van der Waals surface area contributed by atoms with Crippen LogP contribution in [-0.2, 0) is 16.1 Å². The summed E-state index contributed by atoms with van der Waals surface area (Å²) in [5.41, 5.74) is 5.41. The lowest BCUT2D eigenvalue weighted by Gasteiger charge is -2.37. The molecule has 2 N–H and O–H groups in total. The van der Waals surface area contributed by atoms with E-state index in [4.69, 9.17) is 5.73 Å². The van der Waals surface area contributed by atoms with Crippen LogP contribution in [0.4, 0.5) is 5.95 Å². The van der Waals surface area contributed by atoms with E-state index < -0.39 is 0 Å². The molecule has 8 nitrogen and oxygen atoms in total. The summed E-state index contributed by atoms with van der Waals surface area (Å²) >= 11 is 0. The zero-order chi connectivity index (χ0) is 13.4. The molecule has 1 aromatic rings. The summed E-state index contributed by atoms with van der Waals surface area (Å²) in [6, 6.07) is 0.186. The molecule has 1 aromatic heterocycles. The van der Waals surface area contributed by atoms with E-state index in [2.05, 4.69) is 10.1 Å². The van der Waals surface area contributed by atoms with Crippen LogP contribution in [0.5, 0.6) is 0 Å². The molecule has 1 atom stereocenters. The van der Waals surface area contributed by atoms with Crippen molar-refractivity contribution in [2.24, 2.45) is 0 Å². The van der Waals surface area contributed by atoms with E-state index in [1.165, 1.54) is 11.0 Å². The van der Waals surface area contributed by atoms with Gasteiger partial charge in [0.05, 0.1) is 0 Å². The minimum atomic E-state index is -0.0103. The molecule has 0 aromatic carbocycles. The van der Waals surface area contributed by atoms with Crippen molar-refractivity contribution < 1.29 is 9.59 Å². The molecular weight excluding hydrogens is 248 g/mol. The lowest BCUT2D eigenvalue weighted by Crippen LogP contribution is -2.53. The molecule has 0 bridgehead atoms. The lowest BCUT2D eigenvalue weighted by atomic mass is 10.1. The lowest BCUT2D eigenvalue weighted by molar-refractivity contribution is -0.139. The van der Waals surface area contributed by atoms with Crippen molar-refractivity contribution in [2.45, 2.75) is 25.4 Å². The number of amides is 2. The van der Waals surface area contributed by atoms with Crippen molar-refractivity contribution >= 4 is 17.8 Å². The molecule has 2 aliphatic heterocycles. The minimum Gasteiger partial charge on any atom is -0.367 e. The fourth-order valence-corrected chi connectivity index (χ4v) is 2.71. The van der Waals surface area contributed by atoms with Gasteiger partial charge in [-0.3, -0.25) is 9.59 Å². The van der Waals surface area contributed by atoms with E-state index in [9.17, 15) is 9.59 Å². The summed E-state index contributed by atoms with van der Waals surface area (Å²) in [5, 5.41) is 3.90. The molecule has 3 rings (SSSR count). The van der Waals surface area contributed by atoms with Gasteiger partial charge in [-0.1, -0.05) is 0 Å². The SMILES string of the molecule is Nc1ncn(CC(=O)N2CCN3C(=O)CCC3C2)n1. The molecule has 2 aliphatic rings. The van der Waals surface area contributed by atoms with Crippen molar-refractivity contribution in [3.05, 3.63) is 6.33 Å². The van der Waals surface area contributed by atoms with Crippen LogP contribution in [0.15, 0.2) is 6.33 Å². The molecule has 0 aliphatic carbocycles. The number of aromatic nitrogens is 3. The second-order valence-corrected chi connectivity index (χ2v) is 4.92. The zero-order valence-electron chi connectivity index (χ0n) is 10.5. The number of nitrogen functional groups attached to an aromatic ring is 1. The highest BCUT2D eigenvalue weighted by atomic mass is 16.2. The molecule has 8 heteroatoms. The maximum atomic E-state index is 12.1. The van der Waals surface area contributed by atoms with E-state index in [0.29, 0.717) is 26.1 Å². The number of nitrogens with two attached hydrogens (primary N) is 1. The number of piperazine rings is 1. The summed E-state index contributed by atoms with van der Waals surface area (Å²) < 4.78 is 1.43. The van der Waals surface area contributed by atoms with Gasteiger partial charge in [0, 0.05) is 32.1 Å². The zero-order valence-corrected chi connectivity index (χ0v) is 10.5. The Labute approximate surface area is 110 Å². The first kappa shape index (κ1) is 11.9. The Morgan fingerprint density at radius 1 is 1.47 bits per heavy atom. The fraction of sp³-hybridized carbons (Fsp3) is 0.636. The van der Waals surface area contributed by atoms with Gasteiger partial charge < -0.3 is 15.5 Å². The molecule has 1 unspecified atom stereocenters. The maximum Gasteiger partial charge on any atom is 0.244 e. The van der Waals surface area contributed by atoms with Gasteiger partial charge in [-0.15, -0.1) is 5.10 Å². The minimum absolute atomic E-state index is 0.0103. The summed E-state index contributed by atoms with van der Waals surface area (Å²) in [6.07, 6.45) is 2.90. The van der Waals surface area contributed by atoms with Gasteiger partial charge in [-0.2, -0.15) is 0 Å². The molecule has 102 valence electrons. The smallest absolute Gasteiger partial charge is 0.244 e. The number of hydrogen-bond donors (Lipinski definition) is 1. The monoisotopic (exact) mass is 264 g/mol. The third-order valence-corrected chi connectivity index (χ3v) is 3.70. The van der Waals surface area contributed by atoms with E-state index in [1.807, 2.05) is 4.90 Å². The van der Waals surface area contributed by atoms with E-state index >= 15 is 0 Å². The molecule has 0 saturated carbocycles. The molecule has 19 heavy (non-hydrogen) atoms.